The largest absolute Gasteiger partial charge is 0.486 e. The van der Waals surface area contributed by atoms with Crippen LogP contribution in [0.2, 0.25) is 5.02 Å². The molecule has 9 nitrogen and oxygen atoms in total. The number of aliphatic hydroxyl groups is 1. The van der Waals surface area contributed by atoms with Crippen molar-refractivity contribution in [2.75, 3.05) is 40.0 Å². The quantitative estimate of drug-likeness (QED) is 0.450. The molecule has 1 atom stereocenters. The van der Waals surface area contributed by atoms with Gasteiger partial charge in [-0.1, -0.05) is 11.6 Å². The number of hydrogen-bond donors (Lipinski definition) is 2. The third-order valence-corrected chi connectivity index (χ3v) is 6.60. The second-order valence-electron chi connectivity index (χ2n) is 8.53. The summed E-state index contributed by atoms with van der Waals surface area (Å²) in [6, 6.07) is 5.90. The molecule has 2 aliphatic rings. The average molecular weight is 559 g/mol. The predicted molar refractivity (Wildman–Crippen MR) is 142 cm³/mol. The lowest BCUT2D eigenvalue weighted by molar-refractivity contribution is 0.0948. The van der Waals surface area contributed by atoms with Crippen LogP contribution >= 0.6 is 36.4 Å². The summed E-state index contributed by atoms with van der Waals surface area (Å²) in [5.74, 6) is 1.93. The molecule has 0 aromatic carbocycles. The van der Waals surface area contributed by atoms with Gasteiger partial charge in [0.25, 0.3) is 0 Å². The number of halogens is 3. The number of aliphatic hydroxyl groups excluding tert-OH is 1. The Morgan fingerprint density at radius 2 is 1.89 bits per heavy atom. The number of hydrogen-bond acceptors (Lipinski definition) is 9. The molecule has 196 valence electrons. The number of β-amino-alcohol motifs (C(OH)–C–C–N with tert-alkyl or cyclic N) is 1. The monoisotopic (exact) mass is 557 g/mol. The Labute approximate surface area is 227 Å². The van der Waals surface area contributed by atoms with Gasteiger partial charge in [0, 0.05) is 43.0 Å². The van der Waals surface area contributed by atoms with Crippen LogP contribution in [0.1, 0.15) is 30.2 Å². The van der Waals surface area contributed by atoms with E-state index in [0.717, 1.165) is 37.4 Å². The number of nitrogens with one attached hydrogen (secondary N) is 1. The van der Waals surface area contributed by atoms with Crippen molar-refractivity contribution in [3.05, 3.63) is 46.9 Å². The van der Waals surface area contributed by atoms with Crippen molar-refractivity contribution in [2.45, 2.75) is 31.5 Å². The molecule has 0 bridgehead atoms. The van der Waals surface area contributed by atoms with Crippen molar-refractivity contribution in [1.29, 1.82) is 0 Å². The highest BCUT2D eigenvalue weighted by molar-refractivity contribution is 6.32. The highest BCUT2D eigenvalue weighted by Gasteiger charge is 2.24. The minimum Gasteiger partial charge on any atom is -0.486 e. The van der Waals surface area contributed by atoms with Gasteiger partial charge in [0.1, 0.15) is 18.7 Å². The van der Waals surface area contributed by atoms with Gasteiger partial charge in [-0.2, -0.15) is 0 Å². The molecule has 1 fully saturated rings. The summed E-state index contributed by atoms with van der Waals surface area (Å²) >= 11 is 6.42. The standard InChI is InChI=1S/C24H28ClN5O4.2ClH/c1-32-22-3-2-18-24(29-22)23(17(25)12-28-18)19(31)14-30-6-4-15(5-7-30)26-11-16-10-20-21(13-27-16)34-9-8-33-20;;/h2-3,10,12-13,15,19,26,31H,4-9,11,14H2,1H3;2*1H. The van der Waals surface area contributed by atoms with E-state index in [1.807, 2.05) is 12.1 Å². The van der Waals surface area contributed by atoms with Crippen molar-refractivity contribution in [2.24, 2.45) is 0 Å². The summed E-state index contributed by atoms with van der Waals surface area (Å²) in [5, 5.41) is 15.1. The lowest BCUT2D eigenvalue weighted by Crippen LogP contribution is -2.43. The Balaban J connectivity index is 0.00000180. The third-order valence-electron chi connectivity index (χ3n) is 6.30. The van der Waals surface area contributed by atoms with Crippen LogP contribution in [0, 0.1) is 0 Å². The molecule has 1 unspecified atom stereocenters. The van der Waals surface area contributed by atoms with Crippen molar-refractivity contribution in [3.8, 4) is 17.4 Å². The molecule has 5 heterocycles. The molecule has 1 saturated heterocycles. The second kappa shape index (κ2) is 12.9. The Bertz CT molecular complexity index is 1160. The number of rotatable bonds is 7. The predicted octanol–water partition coefficient (Wildman–Crippen LogP) is 3.59. The normalized spacial score (nSPS) is 16.6. The van der Waals surface area contributed by atoms with Gasteiger partial charge in [-0.05, 0) is 32.0 Å². The fourth-order valence-electron chi connectivity index (χ4n) is 4.47. The molecule has 5 rings (SSSR count). The fourth-order valence-corrected chi connectivity index (χ4v) is 4.73. The van der Waals surface area contributed by atoms with E-state index in [2.05, 4.69) is 25.2 Å². The van der Waals surface area contributed by atoms with Crippen LogP contribution in [0.15, 0.2) is 30.6 Å². The number of methoxy groups -OCH3 is 1. The van der Waals surface area contributed by atoms with E-state index < -0.39 is 6.10 Å². The third kappa shape index (κ3) is 6.40. The zero-order valence-electron chi connectivity index (χ0n) is 19.9. The number of piperidine rings is 1. The number of pyridine rings is 3. The molecule has 0 saturated carbocycles. The number of nitrogens with zero attached hydrogens (tertiary/aromatic N) is 4. The van der Waals surface area contributed by atoms with Gasteiger partial charge < -0.3 is 29.5 Å². The van der Waals surface area contributed by atoms with E-state index in [1.54, 1.807) is 25.6 Å². The summed E-state index contributed by atoms with van der Waals surface area (Å²) in [7, 11) is 1.56. The van der Waals surface area contributed by atoms with E-state index in [0.29, 0.717) is 65.6 Å². The van der Waals surface area contributed by atoms with E-state index in [9.17, 15) is 5.11 Å². The first-order valence-corrected chi connectivity index (χ1v) is 11.9. The van der Waals surface area contributed by atoms with Gasteiger partial charge >= 0.3 is 0 Å². The van der Waals surface area contributed by atoms with Crippen LogP contribution in [0.5, 0.6) is 17.4 Å². The van der Waals surface area contributed by atoms with E-state index >= 15 is 0 Å². The molecule has 36 heavy (non-hydrogen) atoms. The van der Waals surface area contributed by atoms with Gasteiger partial charge in [-0.25, -0.2) is 4.98 Å². The number of ether oxygens (including phenoxy) is 3. The molecule has 3 aromatic rings. The van der Waals surface area contributed by atoms with Gasteiger partial charge in [0.2, 0.25) is 5.88 Å². The topological polar surface area (TPSA) is 102 Å². The maximum Gasteiger partial charge on any atom is 0.213 e. The van der Waals surface area contributed by atoms with Gasteiger partial charge in [0.05, 0.1) is 35.6 Å². The highest BCUT2D eigenvalue weighted by atomic mass is 35.5. The van der Waals surface area contributed by atoms with Crippen LogP contribution in [0.25, 0.3) is 11.0 Å². The van der Waals surface area contributed by atoms with E-state index in [1.165, 1.54) is 0 Å². The fraction of sp³-hybridized carbons (Fsp3) is 0.458. The highest BCUT2D eigenvalue weighted by Crippen LogP contribution is 2.31. The Kier molecular flexibility index (Phi) is 10.2. The molecular weight excluding hydrogens is 529 g/mol. The summed E-state index contributed by atoms with van der Waals surface area (Å²) in [6.07, 6.45) is 4.48. The summed E-state index contributed by atoms with van der Waals surface area (Å²) in [6.45, 7) is 4.04. The molecule has 2 aliphatic heterocycles. The van der Waals surface area contributed by atoms with Crippen molar-refractivity contribution < 1.29 is 19.3 Å². The first kappa shape index (κ1) is 28.4. The summed E-state index contributed by atoms with van der Waals surface area (Å²) in [4.78, 5) is 15.5. The van der Waals surface area contributed by atoms with Crippen LogP contribution in [-0.2, 0) is 6.54 Å². The minimum atomic E-state index is -0.774. The molecule has 0 spiro atoms. The lowest BCUT2D eigenvalue weighted by atomic mass is 10.0. The molecule has 2 N–H and O–H groups in total. The zero-order chi connectivity index (χ0) is 23.5. The second-order valence-corrected chi connectivity index (χ2v) is 8.94. The van der Waals surface area contributed by atoms with Crippen LogP contribution < -0.4 is 19.5 Å². The maximum atomic E-state index is 11.0. The van der Waals surface area contributed by atoms with Crippen molar-refractivity contribution >= 4 is 47.4 Å². The number of aromatic nitrogens is 3. The van der Waals surface area contributed by atoms with Gasteiger partial charge in [-0.3, -0.25) is 9.97 Å². The molecule has 3 aromatic heterocycles. The number of likely N-dealkylation sites (tertiary alicyclic amines) is 1. The lowest BCUT2D eigenvalue weighted by Gasteiger charge is -2.33. The first-order valence-electron chi connectivity index (χ1n) is 11.5. The van der Waals surface area contributed by atoms with Crippen LogP contribution in [0.3, 0.4) is 0 Å². The Morgan fingerprint density at radius 3 is 2.64 bits per heavy atom. The SMILES string of the molecule is COc1ccc2ncc(Cl)c(C(O)CN3CCC(NCc4cc5c(cn4)OCCO5)CC3)c2n1.Cl.Cl. The number of fused-ring (bicyclic) bond motifs is 2. The molecule has 12 heteroatoms. The Morgan fingerprint density at radius 1 is 1.14 bits per heavy atom. The van der Waals surface area contributed by atoms with Gasteiger partial charge in [-0.15, -0.1) is 24.8 Å². The zero-order valence-corrected chi connectivity index (χ0v) is 22.2. The van der Waals surface area contributed by atoms with Gasteiger partial charge in [0.15, 0.2) is 11.5 Å². The van der Waals surface area contributed by atoms with Crippen LogP contribution in [0.4, 0.5) is 0 Å². The minimum absolute atomic E-state index is 0. The molecule has 0 radical (unpaired) electrons. The summed E-state index contributed by atoms with van der Waals surface area (Å²) in [5.41, 5.74) is 2.78. The van der Waals surface area contributed by atoms with Crippen molar-refractivity contribution in [3.63, 3.8) is 0 Å². The van der Waals surface area contributed by atoms with Crippen LogP contribution in [-0.4, -0.2) is 71.0 Å². The first-order chi connectivity index (χ1) is 16.6. The van der Waals surface area contributed by atoms with Crippen molar-refractivity contribution in [1.82, 2.24) is 25.2 Å². The molecule has 0 aliphatic carbocycles. The molecular formula is C24H30Cl3N5O4. The average Bonchev–Trinajstić information content (AvgIpc) is 2.87. The summed E-state index contributed by atoms with van der Waals surface area (Å²) < 4.78 is 16.4. The smallest absolute Gasteiger partial charge is 0.213 e. The molecule has 0 amide bonds. The Hall–Kier alpha value is -2.14. The van der Waals surface area contributed by atoms with E-state index in [-0.39, 0.29) is 24.8 Å². The van der Waals surface area contributed by atoms with E-state index in [4.69, 9.17) is 25.8 Å². The maximum absolute atomic E-state index is 11.0.